The van der Waals surface area contributed by atoms with E-state index in [4.69, 9.17) is 0 Å². The maximum atomic E-state index is 12.2. The van der Waals surface area contributed by atoms with Crippen LogP contribution in [0.3, 0.4) is 0 Å². The van der Waals surface area contributed by atoms with Crippen LogP contribution in [0.1, 0.15) is 31.5 Å². The molecule has 1 rings (SSSR count). The van der Waals surface area contributed by atoms with E-state index in [-0.39, 0.29) is 11.2 Å². The van der Waals surface area contributed by atoms with Gasteiger partial charge in [0.15, 0.2) is 0 Å². The molecule has 1 aromatic heterocycles. The zero-order valence-corrected chi connectivity index (χ0v) is 12.5. The SMILES string of the molecule is C=C(C)CCc1c(C)c(=O)n(CC)c(=O)n1PC. The van der Waals surface area contributed by atoms with Gasteiger partial charge < -0.3 is 0 Å². The molecule has 0 saturated heterocycles. The van der Waals surface area contributed by atoms with Crippen molar-refractivity contribution in [3.63, 3.8) is 0 Å². The van der Waals surface area contributed by atoms with Crippen LogP contribution < -0.4 is 11.2 Å². The van der Waals surface area contributed by atoms with Crippen LogP contribution in [-0.4, -0.2) is 15.6 Å². The van der Waals surface area contributed by atoms with Crippen LogP contribution in [0.4, 0.5) is 0 Å². The summed E-state index contributed by atoms with van der Waals surface area (Å²) < 4.78 is 3.03. The summed E-state index contributed by atoms with van der Waals surface area (Å²) in [5.41, 5.74) is 2.26. The average molecular weight is 268 g/mol. The van der Waals surface area contributed by atoms with E-state index in [1.54, 1.807) is 11.3 Å². The second kappa shape index (κ2) is 6.14. The minimum absolute atomic E-state index is 0.159. The standard InChI is InChI=1S/C13H21N2O2P/c1-6-14-12(16)10(4)11(8-7-9(2)3)15(18-5)13(14)17/h18H,2,6-8H2,1,3-5H3. The molecule has 18 heavy (non-hydrogen) atoms. The smallest absolute Gasteiger partial charge is 0.279 e. The van der Waals surface area contributed by atoms with Crippen molar-refractivity contribution in [2.75, 3.05) is 6.66 Å². The number of allylic oxidation sites excluding steroid dienone is 1. The fourth-order valence-corrected chi connectivity index (χ4v) is 2.82. The Kier molecular flexibility index (Phi) is 5.09. The summed E-state index contributed by atoms with van der Waals surface area (Å²) in [6.45, 7) is 11.8. The Morgan fingerprint density at radius 3 is 2.44 bits per heavy atom. The highest BCUT2D eigenvalue weighted by Crippen LogP contribution is 2.15. The van der Waals surface area contributed by atoms with Gasteiger partial charge in [-0.3, -0.25) is 13.7 Å². The van der Waals surface area contributed by atoms with E-state index >= 15 is 0 Å². The lowest BCUT2D eigenvalue weighted by Gasteiger charge is -2.16. The summed E-state index contributed by atoms with van der Waals surface area (Å²) >= 11 is 0. The van der Waals surface area contributed by atoms with E-state index in [0.717, 1.165) is 17.7 Å². The summed E-state index contributed by atoms with van der Waals surface area (Å²) in [7, 11) is 0.338. The van der Waals surface area contributed by atoms with Crippen molar-refractivity contribution in [2.45, 2.75) is 40.2 Å². The molecule has 1 atom stereocenters. The van der Waals surface area contributed by atoms with E-state index in [0.29, 0.717) is 27.3 Å². The molecule has 0 aromatic carbocycles. The molecule has 0 aliphatic heterocycles. The molecule has 1 aromatic rings. The van der Waals surface area contributed by atoms with Gasteiger partial charge in [-0.15, -0.1) is 6.58 Å². The van der Waals surface area contributed by atoms with Gasteiger partial charge in [-0.1, -0.05) is 5.57 Å². The quantitative estimate of drug-likeness (QED) is 0.605. The first-order chi connectivity index (χ1) is 8.43. The van der Waals surface area contributed by atoms with Gasteiger partial charge in [0.05, 0.1) is 0 Å². The molecule has 4 nitrogen and oxygen atoms in total. The van der Waals surface area contributed by atoms with Crippen molar-refractivity contribution in [3.05, 3.63) is 44.2 Å². The number of rotatable bonds is 5. The Labute approximate surface area is 109 Å². The first-order valence-corrected chi connectivity index (χ1v) is 7.56. The zero-order valence-electron chi connectivity index (χ0n) is 11.5. The third-order valence-corrected chi connectivity index (χ3v) is 3.93. The van der Waals surface area contributed by atoms with Crippen LogP contribution >= 0.6 is 8.73 Å². The van der Waals surface area contributed by atoms with Gasteiger partial charge in [0.2, 0.25) is 0 Å². The van der Waals surface area contributed by atoms with E-state index in [1.807, 2.05) is 20.5 Å². The Hall–Kier alpha value is -1.15. The fourth-order valence-electron chi connectivity index (χ4n) is 1.96. The average Bonchev–Trinajstić information content (AvgIpc) is 2.32. The number of hydrogen-bond acceptors (Lipinski definition) is 2. The highest BCUT2D eigenvalue weighted by molar-refractivity contribution is 7.35. The second-order valence-corrected chi connectivity index (χ2v) is 5.31. The summed E-state index contributed by atoms with van der Waals surface area (Å²) in [6.07, 6.45) is 1.51. The number of aromatic nitrogens is 2. The third-order valence-electron chi connectivity index (χ3n) is 3.02. The van der Waals surface area contributed by atoms with Crippen molar-refractivity contribution in [1.29, 1.82) is 0 Å². The molecule has 0 bridgehead atoms. The fraction of sp³-hybridized carbons (Fsp3) is 0.538. The number of nitrogens with zero attached hydrogens (tertiary/aromatic N) is 2. The minimum atomic E-state index is -0.189. The van der Waals surface area contributed by atoms with E-state index in [2.05, 4.69) is 6.58 Å². The highest BCUT2D eigenvalue weighted by atomic mass is 31.1. The molecule has 100 valence electrons. The van der Waals surface area contributed by atoms with E-state index < -0.39 is 0 Å². The van der Waals surface area contributed by atoms with Gasteiger partial charge in [0, 0.05) is 17.8 Å². The topological polar surface area (TPSA) is 44.0 Å². The lowest BCUT2D eigenvalue weighted by Crippen LogP contribution is -2.40. The Balaban J connectivity index is 3.46. The van der Waals surface area contributed by atoms with Gasteiger partial charge >= 0.3 is 5.69 Å². The number of hydrogen-bond donors (Lipinski definition) is 0. The Morgan fingerprint density at radius 1 is 1.39 bits per heavy atom. The predicted octanol–water partition coefficient (Wildman–Crippen LogP) is 1.92. The van der Waals surface area contributed by atoms with Gasteiger partial charge in [-0.05, 0) is 49.0 Å². The van der Waals surface area contributed by atoms with Crippen LogP contribution in [0.15, 0.2) is 21.7 Å². The summed E-state index contributed by atoms with van der Waals surface area (Å²) in [6, 6.07) is 0. The maximum absolute atomic E-state index is 12.2. The molecule has 0 radical (unpaired) electrons. The molecule has 1 unspecified atom stereocenters. The lowest BCUT2D eigenvalue weighted by molar-refractivity contribution is 0.639. The van der Waals surface area contributed by atoms with Gasteiger partial charge in [-0.2, -0.15) is 0 Å². The molecule has 0 fully saturated rings. The Bertz CT molecular complexity index is 570. The van der Waals surface area contributed by atoms with Crippen LogP contribution in [-0.2, 0) is 13.0 Å². The Morgan fingerprint density at radius 2 is 2.00 bits per heavy atom. The first kappa shape index (κ1) is 14.9. The monoisotopic (exact) mass is 268 g/mol. The van der Waals surface area contributed by atoms with Crippen molar-refractivity contribution in [3.8, 4) is 0 Å². The summed E-state index contributed by atoms with van der Waals surface area (Å²) in [5, 5.41) is 0. The molecule has 1 heterocycles. The molecule has 0 spiro atoms. The second-order valence-electron chi connectivity index (χ2n) is 4.42. The van der Waals surface area contributed by atoms with Crippen LogP contribution in [0, 0.1) is 6.92 Å². The largest absolute Gasteiger partial charge is 0.334 e. The molecule has 0 aliphatic carbocycles. The van der Waals surface area contributed by atoms with Gasteiger partial charge in [0.1, 0.15) is 0 Å². The molecule has 0 aliphatic rings. The zero-order chi connectivity index (χ0) is 13.9. The van der Waals surface area contributed by atoms with Gasteiger partial charge in [0.25, 0.3) is 5.56 Å². The predicted molar refractivity (Wildman–Crippen MR) is 78.1 cm³/mol. The lowest BCUT2D eigenvalue weighted by atomic mass is 10.1. The van der Waals surface area contributed by atoms with Crippen molar-refractivity contribution >= 4 is 8.73 Å². The molecular formula is C13H21N2O2P. The van der Waals surface area contributed by atoms with Crippen molar-refractivity contribution in [1.82, 2.24) is 8.90 Å². The van der Waals surface area contributed by atoms with Crippen LogP contribution in [0.5, 0.6) is 0 Å². The maximum Gasteiger partial charge on any atom is 0.334 e. The normalized spacial score (nSPS) is 11.3. The van der Waals surface area contributed by atoms with Crippen LogP contribution in [0.25, 0.3) is 0 Å². The van der Waals surface area contributed by atoms with Crippen molar-refractivity contribution in [2.24, 2.45) is 0 Å². The first-order valence-electron chi connectivity index (χ1n) is 6.11. The molecular weight excluding hydrogens is 247 g/mol. The molecule has 0 amide bonds. The summed E-state index contributed by atoms with van der Waals surface area (Å²) in [5.74, 6) is 0. The molecule has 0 saturated carbocycles. The van der Waals surface area contributed by atoms with Gasteiger partial charge in [-0.25, -0.2) is 4.79 Å². The highest BCUT2D eigenvalue weighted by Gasteiger charge is 2.14. The van der Waals surface area contributed by atoms with Crippen LogP contribution in [0.2, 0.25) is 0 Å². The third kappa shape index (κ3) is 2.81. The van der Waals surface area contributed by atoms with E-state index in [1.165, 1.54) is 4.57 Å². The molecule has 5 heteroatoms. The summed E-state index contributed by atoms with van der Waals surface area (Å²) in [4.78, 5) is 24.3. The molecule has 0 N–H and O–H groups in total. The minimum Gasteiger partial charge on any atom is -0.279 e. The van der Waals surface area contributed by atoms with E-state index in [9.17, 15) is 9.59 Å². The van der Waals surface area contributed by atoms with Crippen molar-refractivity contribution < 1.29 is 0 Å².